The second-order valence-corrected chi connectivity index (χ2v) is 8.25. The van der Waals surface area contributed by atoms with Gasteiger partial charge in [-0.25, -0.2) is 0 Å². The molecule has 0 aromatic heterocycles. The summed E-state index contributed by atoms with van der Waals surface area (Å²) in [7, 11) is -16.2. The highest BCUT2D eigenvalue weighted by molar-refractivity contribution is 7.89. The molecule has 23 heavy (non-hydrogen) atoms. The average Bonchev–Trinajstić information content (AvgIpc) is 2.26. The van der Waals surface area contributed by atoms with Gasteiger partial charge in [-0.05, 0) is 12.5 Å². The largest absolute Gasteiger partial charge is 1.00 e. The zero-order chi connectivity index (χ0) is 17.7. The summed E-state index contributed by atoms with van der Waals surface area (Å²) in [5.41, 5.74) is -2.27. The zero-order valence-electron chi connectivity index (χ0n) is 10.7. The van der Waals surface area contributed by atoms with Gasteiger partial charge in [0, 0.05) is 0 Å². The highest BCUT2D eigenvalue weighted by Crippen LogP contribution is 2.43. The number of diazo groups is 1. The standard InChI is InChI=1S/C7H5ClN2O9S3.ClH/c1-2-3(8)6(21(14,15)16)7(22(17,18)19)4(10-9)5(2)20(11,12)13;/h1H3,(H2-,11,12,13,14,15,16,17,18,19);1H. The molecule has 0 spiro atoms. The molecule has 0 radical (unpaired) electrons. The van der Waals surface area contributed by atoms with Crippen molar-refractivity contribution in [1.29, 1.82) is 5.39 Å². The Kier molecular flexibility index (Phi) is 6.16. The normalized spacial score (nSPS) is 12.3. The van der Waals surface area contributed by atoms with Gasteiger partial charge in [0.05, 0.1) is 5.02 Å². The Morgan fingerprint density at radius 2 is 1.22 bits per heavy atom. The monoisotopic (exact) mass is 428 g/mol. The first-order valence-corrected chi connectivity index (χ1v) is 9.47. The lowest BCUT2D eigenvalue weighted by Gasteiger charge is -2.10. The molecular weight excluding hydrogens is 423 g/mol. The van der Waals surface area contributed by atoms with Crippen molar-refractivity contribution >= 4 is 47.6 Å². The fourth-order valence-corrected chi connectivity index (χ4v) is 5.23. The lowest BCUT2D eigenvalue weighted by atomic mass is 10.2. The van der Waals surface area contributed by atoms with Gasteiger partial charge in [-0.15, -0.1) is 0 Å². The summed E-state index contributed by atoms with van der Waals surface area (Å²) in [4.78, 5) is -2.50. The Morgan fingerprint density at radius 1 is 0.870 bits per heavy atom. The fourth-order valence-electron chi connectivity index (χ4n) is 1.63. The van der Waals surface area contributed by atoms with E-state index < -0.39 is 61.3 Å². The topological polar surface area (TPSA) is 191 Å². The highest BCUT2D eigenvalue weighted by atomic mass is 35.5. The molecular formula is C7H6Cl2N2O9S3. The van der Waals surface area contributed by atoms with Crippen LogP contribution in [-0.4, -0.2) is 38.9 Å². The third-order valence-corrected chi connectivity index (χ3v) is 5.95. The molecule has 1 aromatic carbocycles. The first-order valence-electron chi connectivity index (χ1n) is 4.77. The Balaban J connectivity index is 0.00000484. The average molecular weight is 429 g/mol. The molecule has 0 heterocycles. The fraction of sp³-hybridized carbons (Fsp3) is 0.143. The molecule has 0 atom stereocenters. The molecule has 0 aliphatic heterocycles. The van der Waals surface area contributed by atoms with Crippen molar-refractivity contribution in [1.82, 2.24) is 0 Å². The zero-order valence-corrected chi connectivity index (χ0v) is 14.6. The number of halogens is 2. The summed E-state index contributed by atoms with van der Waals surface area (Å²) in [5, 5.41) is 7.67. The molecule has 0 bridgehead atoms. The minimum atomic E-state index is -5.53. The third-order valence-electron chi connectivity index (χ3n) is 2.38. The molecule has 16 heteroatoms. The predicted octanol–water partition coefficient (Wildman–Crippen LogP) is -2.12. The summed E-state index contributed by atoms with van der Waals surface area (Å²) in [6.45, 7) is 0.836. The van der Waals surface area contributed by atoms with Crippen LogP contribution in [0.4, 0.5) is 5.69 Å². The van der Waals surface area contributed by atoms with Crippen LogP contribution < -0.4 is 12.4 Å². The number of nitrogens with zero attached hydrogens (tertiary/aromatic N) is 2. The third kappa shape index (κ3) is 4.08. The van der Waals surface area contributed by atoms with Crippen LogP contribution in [0.3, 0.4) is 0 Å². The van der Waals surface area contributed by atoms with Crippen LogP contribution in [0.25, 0.3) is 4.98 Å². The van der Waals surface area contributed by atoms with Crippen molar-refractivity contribution in [3.63, 3.8) is 0 Å². The van der Waals surface area contributed by atoms with Crippen LogP contribution in [0.1, 0.15) is 5.56 Å². The summed E-state index contributed by atoms with van der Waals surface area (Å²) >= 11 is 5.52. The van der Waals surface area contributed by atoms with Gasteiger partial charge in [-0.1, -0.05) is 11.6 Å². The number of benzene rings is 1. The summed E-state index contributed by atoms with van der Waals surface area (Å²) in [6.07, 6.45) is 0. The molecule has 0 fully saturated rings. The van der Waals surface area contributed by atoms with Crippen LogP contribution >= 0.6 is 11.6 Å². The molecule has 11 nitrogen and oxygen atoms in total. The van der Waals surface area contributed by atoms with E-state index in [-0.39, 0.29) is 12.4 Å². The molecule has 0 saturated carbocycles. The Morgan fingerprint density at radius 3 is 1.48 bits per heavy atom. The van der Waals surface area contributed by atoms with Crippen LogP contribution in [0.5, 0.6) is 0 Å². The summed E-state index contributed by atoms with van der Waals surface area (Å²) < 4.78 is 94.8. The maximum Gasteiger partial charge on any atom is 0.428 e. The first kappa shape index (κ1) is 21.9. The molecule has 130 valence electrons. The van der Waals surface area contributed by atoms with Crippen LogP contribution in [0.2, 0.25) is 5.02 Å². The lowest BCUT2D eigenvalue weighted by Crippen LogP contribution is -3.00. The highest BCUT2D eigenvalue weighted by Gasteiger charge is 2.44. The van der Waals surface area contributed by atoms with Gasteiger partial charge in [0.25, 0.3) is 10.1 Å². The van der Waals surface area contributed by atoms with E-state index >= 15 is 0 Å². The van der Waals surface area contributed by atoms with Crippen molar-refractivity contribution in [2.45, 2.75) is 21.6 Å². The second kappa shape index (κ2) is 6.45. The van der Waals surface area contributed by atoms with Gasteiger partial charge in [-0.2, -0.15) is 25.3 Å². The minimum absolute atomic E-state index is 0. The molecule has 0 amide bonds. The molecule has 0 saturated heterocycles. The number of hydrogen-bond donors (Lipinski definition) is 3. The van der Waals surface area contributed by atoms with E-state index in [0.717, 1.165) is 6.92 Å². The van der Waals surface area contributed by atoms with E-state index in [0.29, 0.717) is 0 Å². The van der Waals surface area contributed by atoms with Crippen LogP contribution in [-0.2, 0) is 30.4 Å². The van der Waals surface area contributed by atoms with Crippen molar-refractivity contribution in [2.75, 3.05) is 0 Å². The number of rotatable bonds is 3. The second-order valence-electron chi connectivity index (χ2n) is 3.80. The van der Waals surface area contributed by atoms with E-state index in [1.807, 2.05) is 0 Å². The quantitative estimate of drug-likeness (QED) is 0.353. The maximum atomic E-state index is 11.3. The first-order chi connectivity index (χ1) is 9.64. The van der Waals surface area contributed by atoms with Crippen molar-refractivity contribution < 1.29 is 51.3 Å². The maximum absolute atomic E-state index is 11.3. The van der Waals surface area contributed by atoms with E-state index in [2.05, 4.69) is 4.98 Å². The Hall–Kier alpha value is -1.05. The molecule has 1 rings (SSSR count). The minimum Gasteiger partial charge on any atom is -1.00 e. The van der Waals surface area contributed by atoms with E-state index in [1.54, 1.807) is 0 Å². The van der Waals surface area contributed by atoms with E-state index in [4.69, 9.17) is 30.7 Å². The SMILES string of the molecule is Cc1c(Cl)c(S(=O)(=O)O)c(S(=O)(=O)O)c([N+]#N)c1S(=O)(=O)O.[Cl-]. The van der Waals surface area contributed by atoms with Gasteiger partial charge in [0.15, 0.2) is 9.87 Å². The molecule has 3 N–H and O–H groups in total. The van der Waals surface area contributed by atoms with E-state index in [1.165, 1.54) is 0 Å². The molecule has 0 aliphatic carbocycles. The van der Waals surface area contributed by atoms with Crippen molar-refractivity contribution in [3.05, 3.63) is 15.6 Å². The molecule has 0 aliphatic rings. The molecule has 1 aromatic rings. The Bertz CT molecular complexity index is 1020. The van der Waals surface area contributed by atoms with Crippen LogP contribution in [0, 0.1) is 12.3 Å². The smallest absolute Gasteiger partial charge is 0.428 e. The van der Waals surface area contributed by atoms with Gasteiger partial charge < -0.3 is 12.4 Å². The van der Waals surface area contributed by atoms with Gasteiger partial charge in [0.2, 0.25) is 10.3 Å². The van der Waals surface area contributed by atoms with Crippen molar-refractivity contribution in [2.24, 2.45) is 0 Å². The molecule has 0 unspecified atom stereocenters. The van der Waals surface area contributed by atoms with Gasteiger partial charge in [-0.3, -0.25) is 13.7 Å². The van der Waals surface area contributed by atoms with Gasteiger partial charge >= 0.3 is 25.9 Å². The van der Waals surface area contributed by atoms with Crippen LogP contribution in [0.15, 0.2) is 14.7 Å². The predicted molar refractivity (Wildman–Crippen MR) is 70.4 cm³/mol. The lowest BCUT2D eigenvalue weighted by molar-refractivity contribution is -0.0000170. The Labute approximate surface area is 141 Å². The van der Waals surface area contributed by atoms with E-state index in [9.17, 15) is 25.3 Å². The summed E-state index contributed by atoms with van der Waals surface area (Å²) in [5.74, 6) is 0. The summed E-state index contributed by atoms with van der Waals surface area (Å²) in [6, 6.07) is 0. The van der Waals surface area contributed by atoms with Crippen molar-refractivity contribution in [3.8, 4) is 0 Å². The van der Waals surface area contributed by atoms with Gasteiger partial charge in [0.1, 0.15) is 4.90 Å². The number of hydrogen-bond acceptors (Lipinski definition) is 7.